The molecule has 0 aliphatic carbocycles. The van der Waals surface area contributed by atoms with Gasteiger partial charge in [0.25, 0.3) is 0 Å². The van der Waals surface area contributed by atoms with Crippen molar-refractivity contribution in [1.82, 2.24) is 9.21 Å². The summed E-state index contributed by atoms with van der Waals surface area (Å²) in [4.78, 5) is 2.77. The fraction of sp³-hybridized carbons (Fsp3) is 0.571. The zero-order chi connectivity index (χ0) is 13.9. The minimum absolute atomic E-state index is 0.443. The van der Waals surface area contributed by atoms with Crippen LogP contribution in [0.1, 0.15) is 18.9 Å². The van der Waals surface area contributed by atoms with E-state index in [2.05, 4.69) is 11.8 Å². The Kier molecular flexibility index (Phi) is 4.60. The summed E-state index contributed by atoms with van der Waals surface area (Å²) in [5.74, 6) is 0. The normalized spacial score (nSPS) is 18.6. The van der Waals surface area contributed by atoms with Crippen molar-refractivity contribution in [2.45, 2.75) is 25.2 Å². The number of nitrogens with zero attached hydrogens (tertiary/aromatic N) is 2. The van der Waals surface area contributed by atoms with E-state index in [0.717, 1.165) is 31.6 Å². The number of hydrogen-bond acceptors (Lipinski definition) is 3. The van der Waals surface area contributed by atoms with Gasteiger partial charge in [0.15, 0.2) is 0 Å². The van der Waals surface area contributed by atoms with Crippen molar-refractivity contribution in [2.75, 3.05) is 32.7 Å². The van der Waals surface area contributed by atoms with Crippen molar-refractivity contribution in [3.05, 3.63) is 29.8 Å². The Morgan fingerprint density at radius 1 is 1.11 bits per heavy atom. The second-order valence-electron chi connectivity index (χ2n) is 5.01. The van der Waals surface area contributed by atoms with E-state index in [1.54, 1.807) is 16.4 Å². The maximum Gasteiger partial charge on any atom is 0.243 e. The Hall–Kier alpha value is -0.910. The van der Waals surface area contributed by atoms with Gasteiger partial charge in [-0.2, -0.15) is 4.31 Å². The van der Waals surface area contributed by atoms with Crippen LogP contribution < -0.4 is 0 Å². The third kappa shape index (κ3) is 3.16. The van der Waals surface area contributed by atoms with E-state index >= 15 is 0 Å². The van der Waals surface area contributed by atoms with Gasteiger partial charge in [-0.05, 0) is 31.5 Å². The second-order valence-corrected chi connectivity index (χ2v) is 6.92. The summed E-state index contributed by atoms with van der Waals surface area (Å²) in [6.45, 7) is 7.90. The molecule has 0 aromatic heterocycles. The lowest BCUT2D eigenvalue weighted by Crippen LogP contribution is -2.48. The number of hydrogen-bond donors (Lipinski definition) is 0. The van der Waals surface area contributed by atoms with Gasteiger partial charge in [0.05, 0.1) is 4.90 Å². The molecule has 1 fully saturated rings. The summed E-state index contributed by atoms with van der Waals surface area (Å²) in [6.07, 6.45) is 1.12. The molecular formula is C14H22N2O2S. The van der Waals surface area contributed by atoms with Crippen LogP contribution in [0.25, 0.3) is 0 Å². The molecule has 1 heterocycles. The van der Waals surface area contributed by atoms with Crippen molar-refractivity contribution in [3.63, 3.8) is 0 Å². The number of rotatable bonds is 4. The fourth-order valence-electron chi connectivity index (χ4n) is 2.49. The van der Waals surface area contributed by atoms with Crippen molar-refractivity contribution >= 4 is 10.0 Å². The summed E-state index contributed by atoms with van der Waals surface area (Å²) < 4.78 is 26.8. The molecule has 0 radical (unpaired) electrons. The molecule has 1 aromatic carbocycles. The topological polar surface area (TPSA) is 40.6 Å². The van der Waals surface area contributed by atoms with Crippen molar-refractivity contribution in [1.29, 1.82) is 0 Å². The predicted octanol–water partition coefficient (Wildman–Crippen LogP) is 1.71. The van der Waals surface area contributed by atoms with E-state index in [1.165, 1.54) is 0 Å². The van der Waals surface area contributed by atoms with Crippen LogP contribution >= 0.6 is 0 Å². The van der Waals surface area contributed by atoms with Crippen LogP contribution in [0.3, 0.4) is 0 Å². The molecule has 106 valence electrons. The summed E-state index contributed by atoms with van der Waals surface area (Å²) in [5, 5.41) is 0. The lowest BCUT2D eigenvalue weighted by molar-refractivity contribution is 0.188. The molecule has 1 aromatic rings. The molecule has 1 aliphatic rings. The molecule has 4 nitrogen and oxygen atoms in total. The first-order valence-corrected chi connectivity index (χ1v) is 8.28. The lowest BCUT2D eigenvalue weighted by Gasteiger charge is -2.34. The third-order valence-corrected chi connectivity index (χ3v) is 5.64. The first-order chi connectivity index (χ1) is 9.05. The standard InChI is InChI=1S/C14H22N2O2S/c1-3-8-15-9-11-16(12-10-15)19(17,18)14-7-5-4-6-13(14)2/h4-7H,3,8-12H2,1-2H3. The highest BCUT2D eigenvalue weighted by Crippen LogP contribution is 2.20. The van der Waals surface area contributed by atoms with Crippen LogP contribution in [0.5, 0.6) is 0 Å². The van der Waals surface area contributed by atoms with Gasteiger partial charge in [-0.15, -0.1) is 0 Å². The zero-order valence-corrected chi connectivity index (χ0v) is 12.5. The maximum atomic E-state index is 12.6. The van der Waals surface area contributed by atoms with Crippen molar-refractivity contribution in [2.24, 2.45) is 0 Å². The second kappa shape index (κ2) is 6.03. The third-order valence-electron chi connectivity index (χ3n) is 3.58. The highest BCUT2D eigenvalue weighted by Gasteiger charge is 2.28. The number of sulfonamides is 1. The Morgan fingerprint density at radius 3 is 2.32 bits per heavy atom. The van der Waals surface area contributed by atoms with Gasteiger partial charge < -0.3 is 4.90 Å². The van der Waals surface area contributed by atoms with Crippen LogP contribution in [0.2, 0.25) is 0 Å². The number of aryl methyl sites for hydroxylation is 1. The molecule has 1 saturated heterocycles. The predicted molar refractivity (Wildman–Crippen MR) is 76.7 cm³/mol. The van der Waals surface area contributed by atoms with Gasteiger partial charge in [0.2, 0.25) is 10.0 Å². The van der Waals surface area contributed by atoms with E-state index in [4.69, 9.17) is 0 Å². The van der Waals surface area contributed by atoms with Gasteiger partial charge in [-0.3, -0.25) is 0 Å². The highest BCUT2D eigenvalue weighted by molar-refractivity contribution is 7.89. The van der Waals surface area contributed by atoms with Crippen LogP contribution in [-0.4, -0.2) is 50.3 Å². The minimum Gasteiger partial charge on any atom is -0.301 e. The molecule has 0 atom stereocenters. The molecule has 2 rings (SSSR count). The SMILES string of the molecule is CCCN1CCN(S(=O)(=O)c2ccccc2C)CC1. The Morgan fingerprint density at radius 2 is 1.74 bits per heavy atom. The fourth-order valence-corrected chi connectivity index (χ4v) is 4.14. The molecule has 0 saturated carbocycles. The van der Waals surface area contributed by atoms with Gasteiger partial charge in [-0.25, -0.2) is 8.42 Å². The first kappa shape index (κ1) is 14.5. The monoisotopic (exact) mass is 282 g/mol. The first-order valence-electron chi connectivity index (χ1n) is 6.84. The molecule has 0 N–H and O–H groups in total. The number of benzene rings is 1. The van der Waals surface area contributed by atoms with Crippen molar-refractivity contribution in [3.8, 4) is 0 Å². The molecule has 0 unspecified atom stereocenters. The molecule has 5 heteroatoms. The maximum absolute atomic E-state index is 12.6. The van der Waals surface area contributed by atoms with E-state index in [-0.39, 0.29) is 0 Å². The Bertz CT molecular complexity index is 520. The molecule has 19 heavy (non-hydrogen) atoms. The van der Waals surface area contributed by atoms with Gasteiger partial charge in [0, 0.05) is 26.2 Å². The van der Waals surface area contributed by atoms with E-state index in [9.17, 15) is 8.42 Å². The van der Waals surface area contributed by atoms with Gasteiger partial charge in [0.1, 0.15) is 0 Å². The number of piperazine rings is 1. The van der Waals surface area contributed by atoms with Crippen LogP contribution in [0.4, 0.5) is 0 Å². The van der Waals surface area contributed by atoms with Crippen LogP contribution in [0, 0.1) is 6.92 Å². The van der Waals surface area contributed by atoms with Crippen LogP contribution in [0.15, 0.2) is 29.2 Å². The molecular weight excluding hydrogens is 260 g/mol. The van der Waals surface area contributed by atoms with Crippen molar-refractivity contribution < 1.29 is 8.42 Å². The molecule has 0 bridgehead atoms. The Balaban J connectivity index is 2.12. The smallest absolute Gasteiger partial charge is 0.243 e. The Labute approximate surface area is 116 Å². The summed E-state index contributed by atoms with van der Waals surface area (Å²) in [6, 6.07) is 7.20. The highest BCUT2D eigenvalue weighted by atomic mass is 32.2. The van der Waals surface area contributed by atoms with Gasteiger partial charge >= 0.3 is 0 Å². The minimum atomic E-state index is -3.32. The summed E-state index contributed by atoms with van der Waals surface area (Å²) >= 11 is 0. The lowest BCUT2D eigenvalue weighted by atomic mass is 10.2. The van der Waals surface area contributed by atoms with E-state index in [0.29, 0.717) is 18.0 Å². The largest absolute Gasteiger partial charge is 0.301 e. The zero-order valence-electron chi connectivity index (χ0n) is 11.7. The van der Waals surface area contributed by atoms with E-state index in [1.807, 2.05) is 19.1 Å². The molecule has 0 amide bonds. The van der Waals surface area contributed by atoms with Gasteiger partial charge in [-0.1, -0.05) is 25.1 Å². The average molecular weight is 282 g/mol. The molecule has 1 aliphatic heterocycles. The quantitative estimate of drug-likeness (QED) is 0.844. The van der Waals surface area contributed by atoms with E-state index < -0.39 is 10.0 Å². The summed E-state index contributed by atoms with van der Waals surface area (Å²) in [7, 11) is -3.32. The molecule has 0 spiro atoms. The van der Waals surface area contributed by atoms with Crippen LogP contribution in [-0.2, 0) is 10.0 Å². The average Bonchev–Trinajstić information content (AvgIpc) is 2.40. The summed E-state index contributed by atoms with van der Waals surface area (Å²) in [5.41, 5.74) is 0.818.